The van der Waals surface area contributed by atoms with E-state index in [-0.39, 0.29) is 41.6 Å². The molecule has 1 heterocycles. The first kappa shape index (κ1) is 32.5. The molecule has 238 valence electrons. The number of nitrogens with one attached hydrogen (secondary N) is 1. The largest absolute Gasteiger partial charge is 0.490 e. The first-order valence-electron chi connectivity index (χ1n) is 15.6. The van der Waals surface area contributed by atoms with Crippen LogP contribution in [0.2, 0.25) is 5.02 Å². The standard InChI is InChI=1S/C34H43ClN2O6S/c1-4-5-8-31(38)28-12-9-26(28)20-37-21-34(16-6-7-24-18-27(35)11-13-29(24)34)22-43-32-14-10-25(19-30(32)37)33(39)36-44(40,41)23(2)15-17-42-3/h5,8,10-11,13-14,18-19,23,26,28H,4,6-7,9,12,15-17,20-22H2,1-3H3,(H,36,39)/b8-5+/t23-,26-,28+,34-/m0/s1. The van der Waals surface area contributed by atoms with E-state index >= 15 is 0 Å². The van der Waals surface area contributed by atoms with E-state index in [1.54, 1.807) is 31.2 Å². The van der Waals surface area contributed by atoms with Crippen LogP contribution in [0.5, 0.6) is 5.75 Å². The van der Waals surface area contributed by atoms with Gasteiger partial charge in [-0.25, -0.2) is 13.1 Å². The molecule has 2 aliphatic carbocycles. The lowest BCUT2D eigenvalue weighted by Crippen LogP contribution is -2.49. The normalized spacial score (nSPS) is 23.7. The number of nitrogens with zero attached hydrogens (tertiary/aromatic N) is 1. The first-order chi connectivity index (χ1) is 21.1. The summed E-state index contributed by atoms with van der Waals surface area (Å²) in [4.78, 5) is 28.5. The number of allylic oxidation sites excluding steroid dienone is 2. The number of hydrogen-bond acceptors (Lipinski definition) is 7. The Bertz CT molecular complexity index is 1530. The number of carbonyl (C=O) groups excluding carboxylic acids is 2. The van der Waals surface area contributed by atoms with Gasteiger partial charge in [-0.3, -0.25) is 9.59 Å². The predicted molar refractivity (Wildman–Crippen MR) is 173 cm³/mol. The van der Waals surface area contributed by atoms with E-state index in [0.29, 0.717) is 30.5 Å². The van der Waals surface area contributed by atoms with E-state index in [2.05, 4.69) is 21.8 Å². The van der Waals surface area contributed by atoms with Crippen molar-refractivity contribution in [2.45, 2.75) is 69.5 Å². The van der Waals surface area contributed by atoms with Crippen molar-refractivity contribution in [1.29, 1.82) is 0 Å². The van der Waals surface area contributed by atoms with Crippen LogP contribution in [0.3, 0.4) is 0 Å². The molecule has 0 aromatic heterocycles. The van der Waals surface area contributed by atoms with Gasteiger partial charge in [-0.2, -0.15) is 0 Å². The maximum atomic E-state index is 13.3. The highest BCUT2D eigenvalue weighted by atomic mass is 35.5. The number of fused-ring (bicyclic) bond motifs is 3. The Hall–Kier alpha value is -2.88. The summed E-state index contributed by atoms with van der Waals surface area (Å²) in [5.41, 5.74) is 3.13. The van der Waals surface area contributed by atoms with E-state index in [0.717, 1.165) is 44.2 Å². The summed E-state index contributed by atoms with van der Waals surface area (Å²) >= 11 is 6.39. The van der Waals surface area contributed by atoms with Crippen LogP contribution in [0.1, 0.15) is 73.9 Å². The number of benzene rings is 2. The van der Waals surface area contributed by atoms with Crippen molar-refractivity contribution in [2.75, 3.05) is 38.3 Å². The zero-order valence-electron chi connectivity index (χ0n) is 25.8. The molecule has 1 fully saturated rings. The molecule has 5 rings (SSSR count). The topological polar surface area (TPSA) is 102 Å². The van der Waals surface area contributed by atoms with E-state index in [1.165, 1.54) is 18.2 Å². The van der Waals surface area contributed by atoms with Crippen molar-refractivity contribution in [2.24, 2.45) is 11.8 Å². The van der Waals surface area contributed by atoms with E-state index in [1.807, 2.05) is 19.1 Å². The Labute approximate surface area is 266 Å². The molecule has 0 unspecified atom stereocenters. The zero-order valence-corrected chi connectivity index (χ0v) is 27.4. The SMILES string of the molecule is CC/C=C/C(=O)[C@@H]1CC[C@H]1CN1C[C@@]2(CCCc3cc(Cl)ccc32)COc2ccc(C(=O)NS(=O)(=O)[C@@H](C)CCOC)cc21. The number of hydrogen-bond donors (Lipinski definition) is 1. The van der Waals surface area contributed by atoms with Crippen molar-refractivity contribution < 1.29 is 27.5 Å². The number of methoxy groups -OCH3 is 1. The molecule has 1 amide bonds. The average molecular weight is 643 g/mol. The molecule has 1 N–H and O–H groups in total. The molecule has 3 aliphatic rings. The molecule has 0 radical (unpaired) electrons. The number of halogens is 1. The monoisotopic (exact) mass is 642 g/mol. The Balaban J connectivity index is 1.48. The van der Waals surface area contributed by atoms with Crippen LogP contribution in [0.15, 0.2) is 48.6 Å². The quantitative estimate of drug-likeness (QED) is 0.306. The number of aryl methyl sites for hydroxylation is 1. The van der Waals surface area contributed by atoms with Crippen molar-refractivity contribution in [3.05, 3.63) is 70.3 Å². The lowest BCUT2D eigenvalue weighted by molar-refractivity contribution is -0.122. The lowest BCUT2D eigenvalue weighted by Gasteiger charge is -2.44. The van der Waals surface area contributed by atoms with Crippen LogP contribution >= 0.6 is 11.6 Å². The number of anilines is 1. The summed E-state index contributed by atoms with van der Waals surface area (Å²) in [6.45, 7) is 5.60. The second-order valence-corrected chi connectivity index (χ2v) is 15.0. The maximum Gasteiger partial charge on any atom is 0.264 e. The summed E-state index contributed by atoms with van der Waals surface area (Å²) < 4.78 is 39.5. The number of amides is 1. The van der Waals surface area contributed by atoms with E-state index in [9.17, 15) is 18.0 Å². The van der Waals surface area contributed by atoms with Crippen LogP contribution < -0.4 is 14.4 Å². The van der Waals surface area contributed by atoms with Gasteiger partial charge in [-0.05, 0) is 105 Å². The highest BCUT2D eigenvalue weighted by Gasteiger charge is 2.44. The minimum Gasteiger partial charge on any atom is -0.490 e. The number of sulfonamides is 1. The smallest absolute Gasteiger partial charge is 0.264 e. The van der Waals surface area contributed by atoms with Gasteiger partial charge in [-0.15, -0.1) is 0 Å². The van der Waals surface area contributed by atoms with Crippen molar-refractivity contribution in [1.82, 2.24) is 4.72 Å². The molecule has 8 nitrogen and oxygen atoms in total. The third-order valence-electron chi connectivity index (χ3n) is 9.55. The molecular weight excluding hydrogens is 600 g/mol. The summed E-state index contributed by atoms with van der Waals surface area (Å²) in [5.74, 6) is 0.255. The summed E-state index contributed by atoms with van der Waals surface area (Å²) in [5, 5.41) is -0.0739. The molecule has 1 saturated carbocycles. The van der Waals surface area contributed by atoms with Gasteiger partial charge < -0.3 is 14.4 Å². The van der Waals surface area contributed by atoms with Gasteiger partial charge in [0.05, 0.1) is 17.5 Å². The summed E-state index contributed by atoms with van der Waals surface area (Å²) in [7, 11) is -2.39. The summed E-state index contributed by atoms with van der Waals surface area (Å²) in [6, 6.07) is 11.2. The van der Waals surface area contributed by atoms with E-state index in [4.69, 9.17) is 21.1 Å². The van der Waals surface area contributed by atoms with Gasteiger partial charge in [0.1, 0.15) is 5.75 Å². The highest BCUT2D eigenvalue weighted by Crippen LogP contribution is 2.46. The van der Waals surface area contributed by atoms with Crippen LogP contribution in [-0.2, 0) is 31.4 Å². The minimum atomic E-state index is -3.90. The van der Waals surface area contributed by atoms with Gasteiger partial charge in [0.25, 0.3) is 5.91 Å². The number of ketones is 1. The highest BCUT2D eigenvalue weighted by molar-refractivity contribution is 7.90. The molecule has 0 saturated heterocycles. The second kappa shape index (κ2) is 13.6. The Morgan fingerprint density at radius 1 is 1.23 bits per heavy atom. The molecule has 4 atom stereocenters. The lowest BCUT2D eigenvalue weighted by atomic mass is 9.68. The van der Waals surface area contributed by atoms with Crippen molar-refractivity contribution >= 4 is 39.0 Å². The third kappa shape index (κ3) is 6.85. The Morgan fingerprint density at radius 2 is 2.05 bits per heavy atom. The molecule has 2 aromatic carbocycles. The second-order valence-electron chi connectivity index (χ2n) is 12.5. The fourth-order valence-corrected chi connectivity index (χ4v) is 7.96. The minimum absolute atomic E-state index is 0.0379. The number of ether oxygens (including phenoxy) is 2. The van der Waals surface area contributed by atoms with Crippen LogP contribution in [0, 0.1) is 11.8 Å². The maximum absolute atomic E-state index is 13.3. The Kier molecular flexibility index (Phi) is 10.1. The third-order valence-corrected chi connectivity index (χ3v) is 11.5. The van der Waals surface area contributed by atoms with Crippen LogP contribution in [0.25, 0.3) is 0 Å². The molecule has 1 aliphatic heterocycles. The Morgan fingerprint density at radius 3 is 2.77 bits per heavy atom. The van der Waals surface area contributed by atoms with E-state index < -0.39 is 21.2 Å². The van der Waals surface area contributed by atoms with Gasteiger partial charge in [0.2, 0.25) is 10.0 Å². The number of rotatable bonds is 11. The molecular formula is C34H43ClN2O6S. The average Bonchev–Trinajstić information content (AvgIpc) is 3.13. The number of carbonyl (C=O) groups is 2. The van der Waals surface area contributed by atoms with Crippen molar-refractivity contribution in [3.8, 4) is 5.75 Å². The molecule has 1 spiro atoms. The molecule has 2 aromatic rings. The molecule has 44 heavy (non-hydrogen) atoms. The molecule has 0 bridgehead atoms. The van der Waals surface area contributed by atoms with Gasteiger partial charge in [0.15, 0.2) is 5.78 Å². The predicted octanol–water partition coefficient (Wildman–Crippen LogP) is 5.86. The van der Waals surface area contributed by atoms with Crippen LogP contribution in [-0.4, -0.2) is 58.8 Å². The zero-order chi connectivity index (χ0) is 31.5. The summed E-state index contributed by atoms with van der Waals surface area (Å²) in [6.07, 6.45) is 9.42. The van der Waals surface area contributed by atoms with Gasteiger partial charge in [-0.1, -0.05) is 30.7 Å². The van der Waals surface area contributed by atoms with Crippen LogP contribution in [0.4, 0.5) is 5.69 Å². The fourth-order valence-electron chi connectivity index (χ4n) is 6.79. The van der Waals surface area contributed by atoms with Crippen molar-refractivity contribution in [3.63, 3.8) is 0 Å². The fraction of sp³-hybridized carbons (Fsp3) is 0.529. The van der Waals surface area contributed by atoms with Gasteiger partial charge >= 0.3 is 0 Å². The van der Waals surface area contributed by atoms with Gasteiger partial charge in [0, 0.05) is 48.7 Å². The molecule has 10 heteroatoms. The first-order valence-corrected chi connectivity index (χ1v) is 17.6.